The first-order valence-electron chi connectivity index (χ1n) is 10.3. The van der Waals surface area contributed by atoms with E-state index in [0.717, 1.165) is 37.3 Å². The number of carbonyl (C=O) groups excluding carboxylic acids is 2. The Kier molecular flexibility index (Phi) is 6.50. The second-order valence-corrected chi connectivity index (χ2v) is 9.02. The molecule has 1 N–H and O–H groups in total. The molecule has 2 aromatic rings. The van der Waals surface area contributed by atoms with E-state index in [0.29, 0.717) is 48.9 Å². The maximum absolute atomic E-state index is 12.7. The number of aromatic nitrogens is 3. The Bertz CT molecular complexity index is 874. The van der Waals surface area contributed by atoms with Crippen LogP contribution in [0.4, 0.5) is 0 Å². The van der Waals surface area contributed by atoms with Crippen LogP contribution in [0.5, 0.6) is 0 Å². The van der Waals surface area contributed by atoms with E-state index in [1.807, 2.05) is 10.3 Å². The number of hydrogen-bond acceptors (Lipinski definition) is 5. The second kappa shape index (κ2) is 9.26. The van der Waals surface area contributed by atoms with Crippen LogP contribution >= 0.6 is 22.9 Å². The third-order valence-electron chi connectivity index (χ3n) is 5.83. The molecule has 2 aliphatic rings. The zero-order valence-corrected chi connectivity index (χ0v) is 18.0. The minimum Gasteiger partial charge on any atom is -0.355 e. The number of fused-ring (bicyclic) bond motifs is 1. The van der Waals surface area contributed by atoms with E-state index in [9.17, 15) is 9.59 Å². The lowest BCUT2D eigenvalue weighted by Gasteiger charge is -2.20. The van der Waals surface area contributed by atoms with Crippen molar-refractivity contribution in [2.24, 2.45) is 5.92 Å². The Morgan fingerprint density at radius 2 is 2.00 bits per heavy atom. The van der Waals surface area contributed by atoms with Crippen LogP contribution in [0.25, 0.3) is 0 Å². The molecule has 1 fully saturated rings. The third-order valence-corrected chi connectivity index (χ3v) is 7.15. The molecule has 0 spiro atoms. The summed E-state index contributed by atoms with van der Waals surface area (Å²) in [6, 6.07) is 1.76. The number of amides is 2. The van der Waals surface area contributed by atoms with Crippen molar-refractivity contribution in [1.82, 2.24) is 25.0 Å². The molecule has 1 saturated carbocycles. The highest BCUT2D eigenvalue weighted by atomic mass is 35.5. The Labute approximate surface area is 179 Å². The van der Waals surface area contributed by atoms with Crippen LogP contribution in [0, 0.1) is 5.92 Å². The van der Waals surface area contributed by atoms with Crippen LogP contribution in [0.1, 0.15) is 53.4 Å². The largest absolute Gasteiger partial charge is 0.355 e. The van der Waals surface area contributed by atoms with E-state index in [1.54, 1.807) is 6.07 Å². The lowest BCUT2D eigenvalue weighted by Crippen LogP contribution is -2.34. The minimum atomic E-state index is -0.0231. The molecule has 0 aromatic carbocycles. The van der Waals surface area contributed by atoms with Crippen molar-refractivity contribution in [2.75, 3.05) is 19.6 Å². The fraction of sp³-hybridized carbons (Fsp3) is 0.600. The number of rotatable bonds is 5. The van der Waals surface area contributed by atoms with Gasteiger partial charge in [0.2, 0.25) is 5.91 Å². The molecule has 0 saturated heterocycles. The standard InChI is InChI=1S/C20H26ClN5O2S/c21-15-8-13-29-18(15)20(28)25-10-7-17-24-23-16(26(17)12-11-25)6-9-22-19(27)14-4-2-1-3-5-14/h8,13-14H,1-7,9-12H2,(H,22,27). The van der Waals surface area contributed by atoms with Crippen LogP contribution in [0.15, 0.2) is 11.4 Å². The monoisotopic (exact) mass is 435 g/mol. The predicted molar refractivity (Wildman–Crippen MR) is 112 cm³/mol. The van der Waals surface area contributed by atoms with Crippen molar-refractivity contribution in [2.45, 2.75) is 51.5 Å². The molecular weight excluding hydrogens is 410 g/mol. The van der Waals surface area contributed by atoms with Crippen LogP contribution in [0.3, 0.4) is 0 Å². The van der Waals surface area contributed by atoms with E-state index in [2.05, 4.69) is 20.1 Å². The quantitative estimate of drug-likeness (QED) is 0.783. The molecule has 29 heavy (non-hydrogen) atoms. The molecule has 7 nitrogen and oxygen atoms in total. The van der Waals surface area contributed by atoms with Gasteiger partial charge in [-0.3, -0.25) is 9.59 Å². The maximum Gasteiger partial charge on any atom is 0.265 e. The van der Waals surface area contributed by atoms with Crippen LogP contribution in [-0.4, -0.2) is 51.1 Å². The molecule has 2 aromatic heterocycles. The molecule has 1 aliphatic heterocycles. The summed E-state index contributed by atoms with van der Waals surface area (Å²) in [6.07, 6.45) is 6.87. The number of nitrogens with zero attached hydrogens (tertiary/aromatic N) is 4. The van der Waals surface area contributed by atoms with Gasteiger partial charge >= 0.3 is 0 Å². The highest BCUT2D eigenvalue weighted by molar-refractivity contribution is 7.12. The molecule has 2 amide bonds. The molecule has 3 heterocycles. The summed E-state index contributed by atoms with van der Waals surface area (Å²) < 4.78 is 2.09. The van der Waals surface area contributed by atoms with E-state index >= 15 is 0 Å². The molecule has 4 rings (SSSR count). The Morgan fingerprint density at radius 3 is 2.76 bits per heavy atom. The van der Waals surface area contributed by atoms with Crippen LogP contribution in [0.2, 0.25) is 5.02 Å². The smallest absolute Gasteiger partial charge is 0.265 e. The van der Waals surface area contributed by atoms with E-state index in [-0.39, 0.29) is 17.7 Å². The molecule has 0 radical (unpaired) electrons. The van der Waals surface area contributed by atoms with Crippen molar-refractivity contribution < 1.29 is 9.59 Å². The van der Waals surface area contributed by atoms with Gasteiger partial charge < -0.3 is 14.8 Å². The third kappa shape index (κ3) is 4.64. The first kappa shape index (κ1) is 20.3. The van der Waals surface area contributed by atoms with Gasteiger partial charge in [-0.25, -0.2) is 0 Å². The van der Waals surface area contributed by atoms with Gasteiger partial charge in [0.25, 0.3) is 5.91 Å². The van der Waals surface area contributed by atoms with Crippen molar-refractivity contribution in [3.8, 4) is 0 Å². The zero-order chi connectivity index (χ0) is 20.2. The molecule has 156 valence electrons. The van der Waals surface area contributed by atoms with Crippen molar-refractivity contribution in [3.05, 3.63) is 33.0 Å². The van der Waals surface area contributed by atoms with Gasteiger partial charge in [0.05, 0.1) is 5.02 Å². The van der Waals surface area contributed by atoms with Crippen molar-refractivity contribution in [1.29, 1.82) is 0 Å². The first-order chi connectivity index (χ1) is 14.1. The van der Waals surface area contributed by atoms with E-state index < -0.39 is 0 Å². The first-order valence-corrected chi connectivity index (χ1v) is 11.6. The van der Waals surface area contributed by atoms with E-state index in [1.165, 1.54) is 17.8 Å². The highest BCUT2D eigenvalue weighted by Gasteiger charge is 2.25. The maximum atomic E-state index is 12.7. The summed E-state index contributed by atoms with van der Waals surface area (Å²) in [6.45, 7) is 2.42. The zero-order valence-electron chi connectivity index (χ0n) is 16.4. The van der Waals surface area contributed by atoms with Crippen LogP contribution in [-0.2, 0) is 24.2 Å². The lowest BCUT2D eigenvalue weighted by molar-refractivity contribution is -0.125. The summed E-state index contributed by atoms with van der Waals surface area (Å²) in [5.74, 6) is 2.08. The number of hydrogen-bond donors (Lipinski definition) is 1. The summed E-state index contributed by atoms with van der Waals surface area (Å²) in [7, 11) is 0. The Morgan fingerprint density at radius 1 is 1.17 bits per heavy atom. The summed E-state index contributed by atoms with van der Waals surface area (Å²) in [4.78, 5) is 27.5. The number of nitrogens with one attached hydrogen (secondary N) is 1. The van der Waals surface area contributed by atoms with Gasteiger partial charge in [-0.15, -0.1) is 21.5 Å². The van der Waals surface area contributed by atoms with Crippen molar-refractivity contribution >= 4 is 34.8 Å². The summed E-state index contributed by atoms with van der Waals surface area (Å²) >= 11 is 7.50. The fourth-order valence-electron chi connectivity index (χ4n) is 4.17. The summed E-state index contributed by atoms with van der Waals surface area (Å²) in [5, 5.41) is 14.1. The molecule has 0 atom stereocenters. The van der Waals surface area contributed by atoms with Gasteiger partial charge in [-0.05, 0) is 24.3 Å². The van der Waals surface area contributed by atoms with Gasteiger partial charge in [0.1, 0.15) is 16.5 Å². The molecule has 0 bridgehead atoms. The molecule has 9 heteroatoms. The molecular formula is C20H26ClN5O2S. The van der Waals surface area contributed by atoms with Crippen LogP contribution < -0.4 is 5.32 Å². The SMILES string of the molecule is O=C(NCCc1nnc2n1CCN(C(=O)c1sccc1Cl)CC2)C1CCCCC1. The molecule has 0 unspecified atom stereocenters. The number of halogens is 1. The van der Waals surface area contributed by atoms with Gasteiger partial charge in [0.15, 0.2) is 0 Å². The fourth-order valence-corrected chi connectivity index (χ4v) is 5.27. The average Bonchev–Trinajstić information content (AvgIpc) is 3.27. The predicted octanol–water partition coefficient (Wildman–Crippen LogP) is 2.93. The van der Waals surface area contributed by atoms with Gasteiger partial charge in [-0.1, -0.05) is 30.9 Å². The normalized spacial score (nSPS) is 17.6. The lowest BCUT2D eigenvalue weighted by atomic mass is 9.89. The average molecular weight is 436 g/mol. The topological polar surface area (TPSA) is 80.1 Å². The Balaban J connectivity index is 1.32. The minimum absolute atomic E-state index is 0.0231. The number of thiophene rings is 1. The van der Waals surface area contributed by atoms with E-state index in [4.69, 9.17) is 11.6 Å². The second-order valence-electron chi connectivity index (χ2n) is 7.70. The summed E-state index contributed by atoms with van der Waals surface area (Å²) in [5.41, 5.74) is 0. The molecule has 1 aliphatic carbocycles. The number of carbonyl (C=O) groups is 2. The van der Waals surface area contributed by atoms with Gasteiger partial charge in [-0.2, -0.15) is 0 Å². The van der Waals surface area contributed by atoms with Gasteiger partial charge in [0, 0.05) is 44.9 Å². The van der Waals surface area contributed by atoms with Crippen molar-refractivity contribution in [3.63, 3.8) is 0 Å². The Hall–Kier alpha value is -1.93. The highest BCUT2D eigenvalue weighted by Crippen LogP contribution is 2.25.